The number of ether oxygens (including phenoxy) is 1. The summed E-state index contributed by atoms with van der Waals surface area (Å²) < 4.78 is 44.4. The molecule has 0 aliphatic carbocycles. The molecule has 0 fully saturated rings. The zero-order valence-electron chi connectivity index (χ0n) is 14.1. The first-order valence-electron chi connectivity index (χ1n) is 7.03. The van der Waals surface area contributed by atoms with Crippen molar-refractivity contribution in [1.29, 1.82) is 0 Å². The van der Waals surface area contributed by atoms with Crippen LogP contribution in [0.15, 0.2) is 23.2 Å². The topological polar surface area (TPSA) is 68.0 Å². The largest absolute Gasteiger partial charge is 0.423 e. The van der Waals surface area contributed by atoms with E-state index in [1.165, 1.54) is 13.2 Å². The second-order valence-electron chi connectivity index (χ2n) is 6.02. The molecule has 0 saturated carbocycles. The average Bonchev–Trinajstić information content (AvgIpc) is 2.45. The van der Waals surface area contributed by atoms with Crippen LogP contribution < -0.4 is 0 Å². The van der Waals surface area contributed by atoms with Crippen LogP contribution in [0, 0.1) is 10.1 Å². The van der Waals surface area contributed by atoms with Crippen LogP contribution >= 0.6 is 0 Å². The second-order valence-corrected chi connectivity index (χ2v) is 6.02. The highest BCUT2D eigenvalue weighted by Crippen LogP contribution is 2.38. The van der Waals surface area contributed by atoms with E-state index in [9.17, 15) is 23.3 Å². The molecule has 0 atom stereocenters. The van der Waals surface area contributed by atoms with E-state index in [1.54, 1.807) is 19.0 Å². The van der Waals surface area contributed by atoms with Gasteiger partial charge in [-0.25, -0.2) is 4.99 Å². The number of methoxy groups -OCH3 is 1. The van der Waals surface area contributed by atoms with Crippen molar-refractivity contribution in [2.45, 2.75) is 32.0 Å². The van der Waals surface area contributed by atoms with Gasteiger partial charge in [0.05, 0.1) is 16.2 Å². The summed E-state index contributed by atoms with van der Waals surface area (Å²) in [7, 11) is 4.95. The van der Waals surface area contributed by atoms with E-state index in [0.29, 0.717) is 18.3 Å². The molecule has 0 aromatic heterocycles. The lowest BCUT2D eigenvalue weighted by Gasteiger charge is -2.27. The predicted octanol–water partition coefficient (Wildman–Crippen LogP) is 4.02. The monoisotopic (exact) mass is 347 g/mol. The number of benzene rings is 1. The fourth-order valence-corrected chi connectivity index (χ4v) is 1.88. The molecular formula is C15H20F3N3O3. The Balaban J connectivity index is 3.36. The summed E-state index contributed by atoms with van der Waals surface area (Å²) in [6.07, 6.45) is -4.48. The molecule has 1 aromatic carbocycles. The average molecular weight is 347 g/mol. The fraction of sp³-hybridized carbons (Fsp3) is 0.533. The standard InChI is InChI=1S/C15H20F3N3O3/c1-14(2,24-5)9-13(20(3)4)19-10-6-7-12(21(22)23)11(8-10)15(16,17)18/h6-8H,9H2,1-5H3. The van der Waals surface area contributed by atoms with E-state index in [0.717, 1.165) is 6.07 Å². The molecule has 0 aliphatic heterocycles. The molecule has 24 heavy (non-hydrogen) atoms. The number of amidine groups is 1. The lowest BCUT2D eigenvalue weighted by molar-refractivity contribution is -0.388. The van der Waals surface area contributed by atoms with Crippen LogP contribution in [-0.2, 0) is 10.9 Å². The molecule has 1 aromatic rings. The quantitative estimate of drug-likeness (QED) is 0.349. The van der Waals surface area contributed by atoms with Crippen molar-refractivity contribution in [2.24, 2.45) is 4.99 Å². The molecule has 0 saturated heterocycles. The van der Waals surface area contributed by atoms with E-state index in [2.05, 4.69) is 4.99 Å². The lowest BCUT2D eigenvalue weighted by Crippen LogP contribution is -2.33. The maximum Gasteiger partial charge on any atom is 0.423 e. The first-order chi connectivity index (χ1) is 10.9. The molecule has 0 bridgehead atoms. The molecule has 1 rings (SSSR count). The molecule has 0 unspecified atom stereocenters. The third-order valence-electron chi connectivity index (χ3n) is 3.39. The minimum atomic E-state index is -4.84. The number of nitro groups is 1. The zero-order chi connectivity index (χ0) is 18.7. The SMILES string of the molecule is COC(C)(C)CC(=Nc1ccc([N+](=O)[O-])c(C(F)(F)F)c1)N(C)C. The predicted molar refractivity (Wildman–Crippen MR) is 84.6 cm³/mol. The smallest absolute Gasteiger partial charge is 0.378 e. The fourth-order valence-electron chi connectivity index (χ4n) is 1.88. The normalized spacial score (nSPS) is 13.1. The number of aliphatic imine (C=N–C) groups is 1. The molecule has 0 spiro atoms. The van der Waals surface area contributed by atoms with Gasteiger partial charge in [0.15, 0.2) is 0 Å². The maximum atomic E-state index is 13.0. The summed E-state index contributed by atoms with van der Waals surface area (Å²) in [5, 5.41) is 10.8. The highest BCUT2D eigenvalue weighted by molar-refractivity contribution is 5.85. The van der Waals surface area contributed by atoms with E-state index < -0.39 is 28.0 Å². The Hall–Kier alpha value is -2.16. The van der Waals surface area contributed by atoms with E-state index >= 15 is 0 Å². The number of nitro benzene ring substituents is 1. The number of hydrogen-bond acceptors (Lipinski definition) is 4. The van der Waals surface area contributed by atoms with Crippen molar-refractivity contribution in [3.8, 4) is 0 Å². The summed E-state index contributed by atoms with van der Waals surface area (Å²) in [4.78, 5) is 15.6. The van der Waals surface area contributed by atoms with Crippen LogP contribution in [0.4, 0.5) is 24.5 Å². The van der Waals surface area contributed by atoms with Gasteiger partial charge in [0.25, 0.3) is 5.69 Å². The van der Waals surface area contributed by atoms with Crippen LogP contribution in [-0.4, -0.2) is 42.5 Å². The van der Waals surface area contributed by atoms with Crippen LogP contribution in [0.2, 0.25) is 0 Å². The number of hydrogen-bond donors (Lipinski definition) is 0. The molecule has 9 heteroatoms. The Morgan fingerprint density at radius 1 is 1.33 bits per heavy atom. The molecule has 0 amide bonds. The van der Waals surface area contributed by atoms with Gasteiger partial charge in [-0.2, -0.15) is 13.2 Å². The minimum absolute atomic E-state index is 0.0106. The summed E-state index contributed by atoms with van der Waals surface area (Å²) in [5.74, 6) is 0.490. The van der Waals surface area contributed by atoms with Crippen molar-refractivity contribution >= 4 is 17.2 Å². The molecule has 6 nitrogen and oxygen atoms in total. The Kier molecular flexibility index (Phi) is 5.94. The first-order valence-corrected chi connectivity index (χ1v) is 7.03. The van der Waals surface area contributed by atoms with Gasteiger partial charge in [-0.1, -0.05) is 0 Å². The van der Waals surface area contributed by atoms with Crippen LogP contribution in [0.3, 0.4) is 0 Å². The number of halogens is 3. The minimum Gasteiger partial charge on any atom is -0.378 e. The summed E-state index contributed by atoms with van der Waals surface area (Å²) in [5.41, 5.74) is -2.89. The van der Waals surface area contributed by atoms with Gasteiger partial charge < -0.3 is 9.64 Å². The lowest BCUT2D eigenvalue weighted by atomic mass is 10.0. The van der Waals surface area contributed by atoms with E-state index in [-0.39, 0.29) is 5.69 Å². The molecule has 0 heterocycles. The van der Waals surface area contributed by atoms with Gasteiger partial charge in [0, 0.05) is 33.7 Å². The number of nitrogens with zero attached hydrogens (tertiary/aromatic N) is 3. The van der Waals surface area contributed by atoms with Crippen molar-refractivity contribution in [1.82, 2.24) is 4.90 Å². The summed E-state index contributed by atoms with van der Waals surface area (Å²) in [6, 6.07) is 2.69. The number of alkyl halides is 3. The van der Waals surface area contributed by atoms with Gasteiger partial charge in [-0.3, -0.25) is 10.1 Å². The van der Waals surface area contributed by atoms with Crippen LogP contribution in [0.1, 0.15) is 25.8 Å². The zero-order valence-corrected chi connectivity index (χ0v) is 14.1. The van der Waals surface area contributed by atoms with E-state index in [4.69, 9.17) is 4.74 Å². The van der Waals surface area contributed by atoms with Crippen molar-refractivity contribution in [2.75, 3.05) is 21.2 Å². The van der Waals surface area contributed by atoms with Gasteiger partial charge in [0.2, 0.25) is 0 Å². The first kappa shape index (κ1) is 19.9. The highest BCUT2D eigenvalue weighted by Gasteiger charge is 2.38. The molecule has 0 N–H and O–H groups in total. The Bertz CT molecular complexity index is 641. The Morgan fingerprint density at radius 3 is 2.33 bits per heavy atom. The third-order valence-corrected chi connectivity index (χ3v) is 3.39. The van der Waals surface area contributed by atoms with Crippen molar-refractivity contribution in [3.63, 3.8) is 0 Å². The van der Waals surface area contributed by atoms with Crippen molar-refractivity contribution in [3.05, 3.63) is 33.9 Å². The van der Waals surface area contributed by atoms with Gasteiger partial charge in [0.1, 0.15) is 11.4 Å². The summed E-state index contributed by atoms with van der Waals surface area (Å²) in [6.45, 7) is 3.64. The second kappa shape index (κ2) is 7.16. The maximum absolute atomic E-state index is 13.0. The van der Waals surface area contributed by atoms with Crippen molar-refractivity contribution < 1.29 is 22.8 Å². The van der Waals surface area contributed by atoms with E-state index in [1.807, 2.05) is 13.8 Å². The Labute approximate surface area is 138 Å². The van der Waals surface area contributed by atoms with Crippen LogP contribution in [0.5, 0.6) is 0 Å². The molecular weight excluding hydrogens is 327 g/mol. The van der Waals surface area contributed by atoms with Gasteiger partial charge in [-0.15, -0.1) is 0 Å². The van der Waals surface area contributed by atoms with Gasteiger partial charge in [-0.05, 0) is 26.0 Å². The third kappa shape index (κ3) is 5.19. The van der Waals surface area contributed by atoms with Crippen LogP contribution in [0.25, 0.3) is 0 Å². The Morgan fingerprint density at radius 2 is 1.92 bits per heavy atom. The molecule has 134 valence electrons. The molecule has 0 radical (unpaired) electrons. The number of rotatable bonds is 5. The molecule has 0 aliphatic rings. The highest BCUT2D eigenvalue weighted by atomic mass is 19.4. The van der Waals surface area contributed by atoms with Gasteiger partial charge >= 0.3 is 6.18 Å². The summed E-state index contributed by atoms with van der Waals surface area (Å²) >= 11 is 0.